The van der Waals surface area contributed by atoms with E-state index in [1.807, 2.05) is 54.9 Å². The number of nitrogens with one attached hydrogen (secondary N) is 2. The van der Waals surface area contributed by atoms with Gasteiger partial charge in [-0.3, -0.25) is 0 Å². The molecule has 124 valence electrons. The van der Waals surface area contributed by atoms with E-state index in [0.29, 0.717) is 12.3 Å². The molecule has 0 aliphatic heterocycles. The number of amides is 2. The standard InChI is InChI=1S/C17H22N2O3S/c1-12(2)22-10-13-4-3-5-15(8-13)19-17(21)18-9-16(20)14-6-7-23-11-14/h3-8,11-12,16,20H,9-10H2,1-2H3,(H2,18,19,21). The third-order valence-electron chi connectivity index (χ3n) is 3.15. The highest BCUT2D eigenvalue weighted by Gasteiger charge is 2.10. The molecule has 23 heavy (non-hydrogen) atoms. The molecule has 0 spiro atoms. The number of carbonyl (C=O) groups excluding carboxylic acids is 1. The molecule has 1 aromatic carbocycles. The lowest BCUT2D eigenvalue weighted by molar-refractivity contribution is 0.0657. The van der Waals surface area contributed by atoms with E-state index in [9.17, 15) is 9.90 Å². The molecule has 0 aliphatic carbocycles. The van der Waals surface area contributed by atoms with E-state index in [0.717, 1.165) is 11.1 Å². The van der Waals surface area contributed by atoms with Crippen LogP contribution in [0.1, 0.15) is 31.1 Å². The first-order valence-corrected chi connectivity index (χ1v) is 8.44. The molecule has 0 aliphatic rings. The maximum Gasteiger partial charge on any atom is 0.319 e. The van der Waals surface area contributed by atoms with E-state index in [1.54, 1.807) is 0 Å². The number of carbonyl (C=O) groups is 1. The fourth-order valence-corrected chi connectivity index (χ4v) is 2.66. The molecule has 2 rings (SSSR count). The molecule has 0 saturated heterocycles. The SMILES string of the molecule is CC(C)OCc1cccc(NC(=O)NCC(O)c2ccsc2)c1. The predicted molar refractivity (Wildman–Crippen MR) is 92.7 cm³/mol. The van der Waals surface area contributed by atoms with Crippen LogP contribution in [-0.2, 0) is 11.3 Å². The van der Waals surface area contributed by atoms with Crippen molar-refractivity contribution in [2.24, 2.45) is 0 Å². The minimum absolute atomic E-state index is 0.161. The van der Waals surface area contributed by atoms with Gasteiger partial charge >= 0.3 is 6.03 Å². The van der Waals surface area contributed by atoms with Crippen molar-refractivity contribution in [1.82, 2.24) is 5.32 Å². The van der Waals surface area contributed by atoms with Gasteiger partial charge in [-0.05, 0) is 53.9 Å². The van der Waals surface area contributed by atoms with Crippen molar-refractivity contribution in [2.45, 2.75) is 32.7 Å². The third kappa shape index (κ3) is 6.02. The zero-order valence-electron chi connectivity index (χ0n) is 13.3. The Morgan fingerprint density at radius 2 is 2.17 bits per heavy atom. The molecular weight excluding hydrogens is 312 g/mol. The number of ether oxygens (including phenoxy) is 1. The van der Waals surface area contributed by atoms with Gasteiger partial charge in [0.1, 0.15) is 0 Å². The number of rotatable bonds is 7. The van der Waals surface area contributed by atoms with Crippen LogP contribution in [0.15, 0.2) is 41.1 Å². The lowest BCUT2D eigenvalue weighted by Gasteiger charge is -2.12. The second-order valence-corrected chi connectivity index (χ2v) is 6.25. The van der Waals surface area contributed by atoms with Gasteiger partial charge in [-0.1, -0.05) is 12.1 Å². The minimum atomic E-state index is -0.697. The highest BCUT2D eigenvalue weighted by atomic mass is 32.1. The molecular formula is C17H22N2O3S. The molecule has 0 bridgehead atoms. The summed E-state index contributed by atoms with van der Waals surface area (Å²) in [7, 11) is 0. The average molecular weight is 334 g/mol. The van der Waals surface area contributed by atoms with Gasteiger partial charge in [-0.25, -0.2) is 4.79 Å². The van der Waals surface area contributed by atoms with Gasteiger partial charge in [0, 0.05) is 12.2 Å². The summed E-state index contributed by atoms with van der Waals surface area (Å²) in [6.45, 7) is 4.63. The Hall–Kier alpha value is -1.89. The fraction of sp³-hybridized carbons (Fsp3) is 0.353. The molecule has 3 N–H and O–H groups in total. The van der Waals surface area contributed by atoms with Crippen molar-refractivity contribution in [3.63, 3.8) is 0 Å². The summed E-state index contributed by atoms with van der Waals surface area (Å²) >= 11 is 1.51. The van der Waals surface area contributed by atoms with Crippen LogP contribution in [0.4, 0.5) is 10.5 Å². The van der Waals surface area contributed by atoms with Gasteiger partial charge in [0.2, 0.25) is 0 Å². The van der Waals surface area contributed by atoms with Crippen LogP contribution in [0.2, 0.25) is 0 Å². The van der Waals surface area contributed by atoms with Crippen molar-refractivity contribution in [2.75, 3.05) is 11.9 Å². The quantitative estimate of drug-likeness (QED) is 0.725. The lowest BCUT2D eigenvalue weighted by atomic mass is 10.2. The Kier molecular flexibility index (Phi) is 6.58. The summed E-state index contributed by atoms with van der Waals surface area (Å²) in [6.07, 6.45) is -0.536. The molecule has 1 atom stereocenters. The number of hydrogen-bond acceptors (Lipinski definition) is 4. The minimum Gasteiger partial charge on any atom is -0.387 e. The van der Waals surface area contributed by atoms with E-state index in [2.05, 4.69) is 10.6 Å². The normalized spacial score (nSPS) is 12.2. The van der Waals surface area contributed by atoms with E-state index in [-0.39, 0.29) is 18.7 Å². The third-order valence-corrected chi connectivity index (χ3v) is 3.85. The van der Waals surface area contributed by atoms with Crippen molar-refractivity contribution >= 4 is 23.1 Å². The molecule has 1 unspecified atom stereocenters. The van der Waals surface area contributed by atoms with Crippen LogP contribution in [0, 0.1) is 0 Å². The Bertz CT molecular complexity index is 614. The van der Waals surface area contributed by atoms with Crippen LogP contribution >= 0.6 is 11.3 Å². The largest absolute Gasteiger partial charge is 0.387 e. The topological polar surface area (TPSA) is 70.6 Å². The average Bonchev–Trinajstić information content (AvgIpc) is 3.05. The van der Waals surface area contributed by atoms with E-state index in [1.165, 1.54) is 11.3 Å². The van der Waals surface area contributed by atoms with E-state index in [4.69, 9.17) is 4.74 Å². The van der Waals surface area contributed by atoms with Crippen LogP contribution in [0.25, 0.3) is 0 Å². The smallest absolute Gasteiger partial charge is 0.319 e. The molecule has 1 heterocycles. The summed E-state index contributed by atoms with van der Waals surface area (Å²) in [5, 5.41) is 19.1. The zero-order chi connectivity index (χ0) is 16.7. The number of hydrogen-bond donors (Lipinski definition) is 3. The molecule has 2 amide bonds. The highest BCUT2D eigenvalue weighted by Crippen LogP contribution is 2.15. The Balaban J connectivity index is 1.81. The molecule has 1 aromatic heterocycles. The Morgan fingerprint density at radius 3 is 2.87 bits per heavy atom. The zero-order valence-corrected chi connectivity index (χ0v) is 14.1. The monoisotopic (exact) mass is 334 g/mol. The summed E-state index contributed by atoms with van der Waals surface area (Å²) < 4.78 is 5.55. The van der Waals surface area contributed by atoms with Crippen molar-refractivity contribution < 1.29 is 14.6 Å². The molecule has 2 aromatic rings. The second-order valence-electron chi connectivity index (χ2n) is 5.47. The van der Waals surface area contributed by atoms with Gasteiger partial charge in [0.05, 0.1) is 18.8 Å². The number of benzene rings is 1. The van der Waals surface area contributed by atoms with Gasteiger partial charge in [0.15, 0.2) is 0 Å². The summed E-state index contributed by atoms with van der Waals surface area (Å²) in [6, 6.07) is 9.00. The lowest BCUT2D eigenvalue weighted by Crippen LogP contribution is -2.32. The van der Waals surface area contributed by atoms with Crippen molar-refractivity contribution in [3.8, 4) is 0 Å². The van der Waals surface area contributed by atoms with Gasteiger partial charge in [0.25, 0.3) is 0 Å². The number of anilines is 1. The van der Waals surface area contributed by atoms with Gasteiger partial charge in [-0.2, -0.15) is 11.3 Å². The van der Waals surface area contributed by atoms with Gasteiger partial charge in [-0.15, -0.1) is 0 Å². The number of thiophene rings is 1. The van der Waals surface area contributed by atoms with Crippen LogP contribution < -0.4 is 10.6 Å². The maximum absolute atomic E-state index is 11.9. The second kappa shape index (κ2) is 8.67. The van der Waals surface area contributed by atoms with Crippen LogP contribution in [-0.4, -0.2) is 23.8 Å². The molecule has 0 radical (unpaired) electrons. The van der Waals surface area contributed by atoms with Crippen molar-refractivity contribution in [3.05, 3.63) is 52.2 Å². The summed E-state index contributed by atoms with van der Waals surface area (Å²) in [5.41, 5.74) is 2.50. The van der Waals surface area contributed by atoms with Gasteiger partial charge < -0.3 is 20.5 Å². The van der Waals surface area contributed by atoms with E-state index < -0.39 is 6.10 Å². The maximum atomic E-state index is 11.9. The molecule has 6 heteroatoms. The Morgan fingerprint density at radius 1 is 1.35 bits per heavy atom. The first kappa shape index (κ1) is 17.5. The van der Waals surface area contributed by atoms with E-state index >= 15 is 0 Å². The summed E-state index contributed by atoms with van der Waals surface area (Å²) in [4.78, 5) is 11.9. The predicted octanol–water partition coefficient (Wildman–Crippen LogP) is 3.53. The summed E-state index contributed by atoms with van der Waals surface area (Å²) in [5.74, 6) is 0. The molecule has 0 fully saturated rings. The Labute approximate surface area is 140 Å². The first-order chi connectivity index (χ1) is 11.0. The number of urea groups is 1. The molecule has 5 nitrogen and oxygen atoms in total. The first-order valence-electron chi connectivity index (χ1n) is 7.50. The fourth-order valence-electron chi connectivity index (χ4n) is 1.95. The molecule has 0 saturated carbocycles. The number of aliphatic hydroxyl groups is 1. The van der Waals surface area contributed by atoms with Crippen LogP contribution in [0.5, 0.6) is 0 Å². The number of aliphatic hydroxyl groups excluding tert-OH is 1. The van der Waals surface area contributed by atoms with Crippen molar-refractivity contribution in [1.29, 1.82) is 0 Å². The highest BCUT2D eigenvalue weighted by molar-refractivity contribution is 7.07. The van der Waals surface area contributed by atoms with Crippen LogP contribution in [0.3, 0.4) is 0 Å².